The van der Waals surface area contributed by atoms with E-state index in [0.717, 1.165) is 5.56 Å². The van der Waals surface area contributed by atoms with E-state index < -0.39 is 11.7 Å². The average Bonchev–Trinajstić information content (AvgIpc) is 2.88. The Hall–Kier alpha value is -4.65. The van der Waals surface area contributed by atoms with Crippen molar-refractivity contribution >= 4 is 23.3 Å². The second-order valence-electron chi connectivity index (χ2n) is 8.13. The number of nitrogens with zero attached hydrogens (tertiary/aromatic N) is 1. The number of nitrogens with one attached hydrogen (secondary N) is 2. The van der Waals surface area contributed by atoms with Gasteiger partial charge in [-0.2, -0.15) is 0 Å². The van der Waals surface area contributed by atoms with Crippen molar-refractivity contribution in [3.05, 3.63) is 120 Å². The molecule has 7 heteroatoms. The van der Waals surface area contributed by atoms with Gasteiger partial charge in [0.05, 0.1) is 0 Å². The number of amides is 3. The molecule has 0 aliphatic rings. The first-order chi connectivity index (χ1) is 17.5. The molecule has 3 amide bonds. The maximum Gasteiger partial charge on any atom is 0.326 e. The maximum atomic E-state index is 13.5. The van der Waals surface area contributed by atoms with Crippen molar-refractivity contribution < 1.29 is 18.7 Å². The lowest BCUT2D eigenvalue weighted by atomic mass is 10.2. The van der Waals surface area contributed by atoms with Gasteiger partial charge in [-0.05, 0) is 79.2 Å². The van der Waals surface area contributed by atoms with Gasteiger partial charge in [0.1, 0.15) is 17.3 Å². The van der Waals surface area contributed by atoms with E-state index >= 15 is 0 Å². The highest BCUT2D eigenvalue weighted by Crippen LogP contribution is 2.25. The summed E-state index contributed by atoms with van der Waals surface area (Å²) in [6.45, 7) is 2.30. The minimum absolute atomic E-state index is 0.166. The van der Waals surface area contributed by atoms with E-state index in [1.165, 1.54) is 29.2 Å². The quantitative estimate of drug-likeness (QED) is 0.305. The van der Waals surface area contributed by atoms with Crippen LogP contribution in [0.1, 0.15) is 15.9 Å². The SMILES string of the molecule is Cc1cccc(NC(=O)N(CCNC(=O)c2cccc(F)c2)c2ccc(Oc3ccccc3)cc2)c1. The molecule has 0 unspecified atom stereocenters. The van der Waals surface area contributed by atoms with Crippen LogP contribution in [0.15, 0.2) is 103 Å². The molecular weight excluding hydrogens is 457 g/mol. The molecule has 0 aromatic heterocycles. The predicted molar refractivity (Wildman–Crippen MR) is 139 cm³/mol. The molecule has 36 heavy (non-hydrogen) atoms. The zero-order chi connectivity index (χ0) is 25.3. The van der Waals surface area contributed by atoms with Gasteiger partial charge in [-0.1, -0.05) is 36.4 Å². The molecule has 6 nitrogen and oxygen atoms in total. The standard InChI is InChI=1S/C29H26FN3O3/c1-21-7-5-10-24(19-21)32-29(35)33(18-17-31-28(34)22-8-6-9-23(30)20-22)25-13-15-27(16-14-25)36-26-11-3-2-4-12-26/h2-16,19-20H,17-18H2,1H3,(H,31,34)(H,32,35). The highest BCUT2D eigenvalue weighted by molar-refractivity contribution is 6.02. The number of urea groups is 1. The number of aryl methyl sites for hydroxylation is 1. The van der Waals surface area contributed by atoms with Gasteiger partial charge < -0.3 is 15.4 Å². The van der Waals surface area contributed by atoms with Crippen molar-refractivity contribution in [1.29, 1.82) is 0 Å². The smallest absolute Gasteiger partial charge is 0.326 e. The van der Waals surface area contributed by atoms with Crippen LogP contribution in [-0.2, 0) is 0 Å². The Bertz CT molecular complexity index is 1330. The molecule has 4 rings (SSSR count). The van der Waals surface area contributed by atoms with Crippen molar-refractivity contribution in [2.75, 3.05) is 23.3 Å². The van der Waals surface area contributed by atoms with Gasteiger partial charge >= 0.3 is 6.03 Å². The minimum Gasteiger partial charge on any atom is -0.457 e. The van der Waals surface area contributed by atoms with Crippen LogP contribution in [0.3, 0.4) is 0 Å². The fraction of sp³-hybridized carbons (Fsp3) is 0.103. The van der Waals surface area contributed by atoms with Crippen LogP contribution in [0.4, 0.5) is 20.6 Å². The first-order valence-electron chi connectivity index (χ1n) is 11.5. The molecular formula is C29H26FN3O3. The highest BCUT2D eigenvalue weighted by atomic mass is 19.1. The van der Waals surface area contributed by atoms with Crippen LogP contribution < -0.4 is 20.3 Å². The summed E-state index contributed by atoms with van der Waals surface area (Å²) in [6.07, 6.45) is 0. The van der Waals surface area contributed by atoms with Crippen LogP contribution >= 0.6 is 0 Å². The average molecular weight is 484 g/mol. The predicted octanol–water partition coefficient (Wildman–Crippen LogP) is 6.39. The fourth-order valence-corrected chi connectivity index (χ4v) is 3.59. The first-order valence-corrected chi connectivity index (χ1v) is 11.5. The number of benzene rings is 4. The minimum atomic E-state index is -0.486. The van der Waals surface area contributed by atoms with Crippen LogP contribution in [0.5, 0.6) is 11.5 Å². The molecule has 0 aliphatic carbocycles. The van der Waals surface area contributed by atoms with E-state index in [4.69, 9.17) is 4.74 Å². The Kier molecular flexibility index (Phi) is 7.93. The maximum absolute atomic E-state index is 13.5. The Morgan fingerprint density at radius 1 is 0.833 bits per heavy atom. The lowest BCUT2D eigenvalue weighted by molar-refractivity contribution is 0.0954. The Morgan fingerprint density at radius 3 is 2.28 bits per heavy atom. The summed E-state index contributed by atoms with van der Waals surface area (Å²) in [4.78, 5) is 27.2. The summed E-state index contributed by atoms with van der Waals surface area (Å²) in [6, 6.07) is 29.1. The molecule has 0 fully saturated rings. The van der Waals surface area contributed by atoms with Gasteiger partial charge in [0, 0.05) is 30.0 Å². The summed E-state index contributed by atoms with van der Waals surface area (Å²) in [5.74, 6) is 0.433. The van der Waals surface area contributed by atoms with Crippen LogP contribution in [-0.4, -0.2) is 25.0 Å². The molecule has 0 bridgehead atoms. The van der Waals surface area contributed by atoms with Gasteiger partial charge in [-0.3, -0.25) is 9.69 Å². The van der Waals surface area contributed by atoms with Crippen molar-refractivity contribution in [1.82, 2.24) is 5.32 Å². The third kappa shape index (κ3) is 6.70. The Balaban J connectivity index is 1.47. The molecule has 0 spiro atoms. The second kappa shape index (κ2) is 11.7. The summed E-state index contributed by atoms with van der Waals surface area (Å²) in [5, 5.41) is 5.65. The fourth-order valence-electron chi connectivity index (χ4n) is 3.59. The Labute approximate surface area is 209 Å². The van der Waals surface area contributed by atoms with Crippen molar-refractivity contribution in [3.8, 4) is 11.5 Å². The van der Waals surface area contributed by atoms with Crippen LogP contribution in [0.2, 0.25) is 0 Å². The Morgan fingerprint density at radius 2 is 1.56 bits per heavy atom. The second-order valence-corrected chi connectivity index (χ2v) is 8.13. The molecule has 0 heterocycles. The van der Waals surface area contributed by atoms with Gasteiger partial charge in [0.25, 0.3) is 5.91 Å². The van der Waals surface area contributed by atoms with Crippen molar-refractivity contribution in [3.63, 3.8) is 0 Å². The molecule has 2 N–H and O–H groups in total. The lowest BCUT2D eigenvalue weighted by Gasteiger charge is -2.24. The number of ether oxygens (including phenoxy) is 1. The molecule has 0 atom stereocenters. The van der Waals surface area contributed by atoms with E-state index in [1.807, 2.05) is 61.5 Å². The highest BCUT2D eigenvalue weighted by Gasteiger charge is 2.17. The molecule has 0 aliphatic heterocycles. The molecule has 4 aromatic carbocycles. The summed E-state index contributed by atoms with van der Waals surface area (Å²) in [7, 11) is 0. The number of rotatable bonds is 8. The topological polar surface area (TPSA) is 70.7 Å². The third-order valence-electron chi connectivity index (χ3n) is 5.35. The third-order valence-corrected chi connectivity index (χ3v) is 5.35. The number of carbonyl (C=O) groups is 2. The zero-order valence-electron chi connectivity index (χ0n) is 19.8. The van der Waals surface area contributed by atoms with E-state index in [2.05, 4.69) is 10.6 Å². The van der Waals surface area contributed by atoms with Gasteiger partial charge in [-0.15, -0.1) is 0 Å². The number of anilines is 2. The molecule has 0 radical (unpaired) electrons. The van der Waals surface area contributed by atoms with Crippen molar-refractivity contribution in [2.24, 2.45) is 0 Å². The molecule has 182 valence electrons. The zero-order valence-corrected chi connectivity index (χ0v) is 19.8. The van der Waals surface area contributed by atoms with Gasteiger partial charge in [-0.25, -0.2) is 9.18 Å². The van der Waals surface area contributed by atoms with Gasteiger partial charge in [0.15, 0.2) is 0 Å². The summed E-state index contributed by atoms with van der Waals surface area (Å²) < 4.78 is 19.3. The summed E-state index contributed by atoms with van der Waals surface area (Å²) in [5.41, 5.74) is 2.52. The normalized spacial score (nSPS) is 10.4. The number of halogens is 1. The van der Waals surface area contributed by atoms with E-state index in [1.54, 1.807) is 24.3 Å². The van der Waals surface area contributed by atoms with E-state index in [0.29, 0.717) is 22.9 Å². The summed E-state index contributed by atoms with van der Waals surface area (Å²) >= 11 is 0. The molecule has 0 saturated heterocycles. The van der Waals surface area contributed by atoms with Crippen LogP contribution in [0, 0.1) is 12.7 Å². The van der Waals surface area contributed by atoms with Gasteiger partial charge in [0.2, 0.25) is 0 Å². The monoisotopic (exact) mass is 483 g/mol. The number of para-hydroxylation sites is 1. The van der Waals surface area contributed by atoms with E-state index in [-0.39, 0.29) is 24.7 Å². The number of carbonyl (C=O) groups excluding carboxylic acids is 2. The molecule has 0 saturated carbocycles. The lowest BCUT2D eigenvalue weighted by Crippen LogP contribution is -2.41. The number of hydrogen-bond acceptors (Lipinski definition) is 3. The van der Waals surface area contributed by atoms with E-state index in [9.17, 15) is 14.0 Å². The van der Waals surface area contributed by atoms with Crippen molar-refractivity contribution in [2.45, 2.75) is 6.92 Å². The molecule has 4 aromatic rings. The number of hydrogen-bond donors (Lipinski definition) is 2. The first kappa shape index (κ1) is 24.5. The van der Waals surface area contributed by atoms with Crippen LogP contribution in [0.25, 0.3) is 0 Å². The largest absolute Gasteiger partial charge is 0.457 e.